The Morgan fingerprint density at radius 3 is 2.87 bits per heavy atom. The molecule has 0 saturated heterocycles. The molecule has 4 N–H and O–H groups in total. The molecular formula is C23H25FN6. The smallest absolute Gasteiger partial charge is 0.160 e. The molecule has 1 atom stereocenters. The molecule has 4 aromatic rings. The molecule has 0 radical (unpaired) electrons. The van der Waals surface area contributed by atoms with E-state index in [4.69, 9.17) is 5.73 Å². The van der Waals surface area contributed by atoms with Crippen molar-refractivity contribution in [3.8, 4) is 11.3 Å². The number of aromatic amines is 2. The number of halogens is 1. The number of fused-ring (bicyclic) bond motifs is 2. The fourth-order valence-corrected chi connectivity index (χ4v) is 4.36. The second kappa shape index (κ2) is 7.25. The van der Waals surface area contributed by atoms with Gasteiger partial charge in [-0.3, -0.25) is 4.90 Å². The molecule has 0 fully saturated rings. The van der Waals surface area contributed by atoms with E-state index in [2.05, 4.69) is 56.1 Å². The maximum atomic E-state index is 13.3. The quantitative estimate of drug-likeness (QED) is 0.454. The van der Waals surface area contributed by atoms with E-state index in [0.29, 0.717) is 23.9 Å². The third kappa shape index (κ3) is 3.45. The molecular weight excluding hydrogens is 379 g/mol. The standard InChI is InChI=1S/C23H25FN6/c1-13-26-22-18(11-21(25)29-23(22)27-13)20-10-15-9-14(3-8-19(15)28-20)12-30(2)17-6-4-16(24)5-7-17/h3-4,8-11,17,28H,5-7,12H2,1-2H3,(H3,25,26,27,29). The minimum atomic E-state index is 0.0267. The maximum absolute atomic E-state index is 13.3. The average Bonchev–Trinajstić information content (AvgIpc) is 3.29. The number of hydrogen-bond acceptors (Lipinski definition) is 4. The lowest BCUT2D eigenvalue weighted by atomic mass is 9.99. The Balaban J connectivity index is 1.45. The first kappa shape index (κ1) is 18.8. The summed E-state index contributed by atoms with van der Waals surface area (Å²) in [5.41, 5.74) is 11.7. The Morgan fingerprint density at radius 1 is 1.20 bits per heavy atom. The van der Waals surface area contributed by atoms with E-state index in [1.165, 1.54) is 5.56 Å². The molecule has 1 unspecified atom stereocenters. The number of aromatic nitrogens is 4. The summed E-state index contributed by atoms with van der Waals surface area (Å²) >= 11 is 0. The van der Waals surface area contributed by atoms with Crippen LogP contribution in [0.1, 0.15) is 30.7 Å². The van der Waals surface area contributed by atoms with Crippen LogP contribution >= 0.6 is 0 Å². The summed E-state index contributed by atoms with van der Waals surface area (Å²) < 4.78 is 13.3. The van der Waals surface area contributed by atoms with Gasteiger partial charge in [0.1, 0.15) is 17.2 Å². The van der Waals surface area contributed by atoms with Crippen molar-refractivity contribution in [3.05, 3.63) is 53.6 Å². The number of benzene rings is 1. The van der Waals surface area contributed by atoms with Crippen LogP contribution in [0.4, 0.5) is 10.2 Å². The van der Waals surface area contributed by atoms with E-state index in [1.807, 2.05) is 13.0 Å². The maximum Gasteiger partial charge on any atom is 0.160 e. The number of aryl methyl sites for hydroxylation is 1. The summed E-state index contributed by atoms with van der Waals surface area (Å²) in [5.74, 6) is 1.29. The molecule has 6 nitrogen and oxygen atoms in total. The van der Waals surface area contributed by atoms with Gasteiger partial charge in [-0.25, -0.2) is 14.4 Å². The summed E-state index contributed by atoms with van der Waals surface area (Å²) in [6.07, 6.45) is 3.93. The average molecular weight is 404 g/mol. The lowest BCUT2D eigenvalue weighted by Gasteiger charge is -2.29. The SMILES string of the molecule is Cc1nc2c(-c3cc4cc(CN(C)C5CC=C(F)CC5)ccc4[nH]3)cc(N)nc2[nH]1. The van der Waals surface area contributed by atoms with Gasteiger partial charge in [0.2, 0.25) is 0 Å². The van der Waals surface area contributed by atoms with E-state index in [1.54, 1.807) is 6.08 Å². The highest BCUT2D eigenvalue weighted by Crippen LogP contribution is 2.31. The van der Waals surface area contributed by atoms with Crippen molar-refractivity contribution in [1.29, 1.82) is 0 Å². The highest BCUT2D eigenvalue weighted by atomic mass is 19.1. The van der Waals surface area contributed by atoms with Gasteiger partial charge >= 0.3 is 0 Å². The zero-order chi connectivity index (χ0) is 20.8. The molecule has 0 saturated carbocycles. The van der Waals surface area contributed by atoms with Crippen LogP contribution in [0.15, 0.2) is 42.2 Å². The van der Waals surface area contributed by atoms with Crippen LogP contribution in [0.2, 0.25) is 0 Å². The second-order valence-electron chi connectivity index (χ2n) is 8.21. The zero-order valence-electron chi connectivity index (χ0n) is 17.2. The molecule has 1 aliphatic carbocycles. The van der Waals surface area contributed by atoms with Gasteiger partial charge in [-0.1, -0.05) is 12.1 Å². The molecule has 0 aliphatic heterocycles. The van der Waals surface area contributed by atoms with Crippen molar-refractivity contribution in [1.82, 2.24) is 24.8 Å². The molecule has 3 aromatic heterocycles. The van der Waals surface area contributed by atoms with Crippen LogP contribution in [0.3, 0.4) is 0 Å². The van der Waals surface area contributed by atoms with Crippen molar-refractivity contribution in [2.45, 2.75) is 38.8 Å². The molecule has 0 amide bonds. The van der Waals surface area contributed by atoms with Crippen molar-refractivity contribution < 1.29 is 4.39 Å². The van der Waals surface area contributed by atoms with Crippen LogP contribution in [0.5, 0.6) is 0 Å². The molecule has 5 rings (SSSR count). The molecule has 0 bridgehead atoms. The van der Waals surface area contributed by atoms with Crippen molar-refractivity contribution in [3.63, 3.8) is 0 Å². The summed E-state index contributed by atoms with van der Waals surface area (Å²) in [4.78, 5) is 17.9. The van der Waals surface area contributed by atoms with E-state index in [9.17, 15) is 4.39 Å². The van der Waals surface area contributed by atoms with E-state index >= 15 is 0 Å². The summed E-state index contributed by atoms with van der Waals surface area (Å²) in [5, 5.41) is 1.14. The van der Waals surface area contributed by atoms with Crippen molar-refractivity contribution >= 4 is 27.9 Å². The Labute approximate surface area is 174 Å². The number of imidazole rings is 1. The number of allylic oxidation sites excluding steroid dienone is 1. The molecule has 30 heavy (non-hydrogen) atoms. The number of rotatable bonds is 4. The van der Waals surface area contributed by atoms with Crippen LogP contribution in [-0.2, 0) is 6.54 Å². The van der Waals surface area contributed by atoms with Crippen LogP contribution in [-0.4, -0.2) is 37.9 Å². The number of pyridine rings is 1. The van der Waals surface area contributed by atoms with Gasteiger partial charge in [-0.2, -0.15) is 0 Å². The Kier molecular flexibility index (Phi) is 4.55. The molecule has 3 heterocycles. The van der Waals surface area contributed by atoms with Crippen LogP contribution < -0.4 is 5.73 Å². The second-order valence-corrected chi connectivity index (χ2v) is 8.21. The van der Waals surface area contributed by atoms with E-state index < -0.39 is 0 Å². The first-order chi connectivity index (χ1) is 14.5. The highest BCUT2D eigenvalue weighted by molar-refractivity contribution is 5.95. The largest absolute Gasteiger partial charge is 0.384 e. The topological polar surface area (TPSA) is 86.6 Å². The molecule has 1 aliphatic rings. The van der Waals surface area contributed by atoms with E-state index in [-0.39, 0.29) is 5.83 Å². The summed E-state index contributed by atoms with van der Waals surface area (Å²) in [7, 11) is 2.12. The molecule has 1 aromatic carbocycles. The number of nitrogens with zero attached hydrogens (tertiary/aromatic N) is 3. The van der Waals surface area contributed by atoms with Gasteiger partial charge in [-0.15, -0.1) is 0 Å². The number of nitrogens with two attached hydrogens (primary N) is 1. The fourth-order valence-electron chi connectivity index (χ4n) is 4.36. The fraction of sp³-hybridized carbons (Fsp3) is 0.304. The molecule has 7 heteroatoms. The van der Waals surface area contributed by atoms with Gasteiger partial charge < -0.3 is 15.7 Å². The number of hydrogen-bond donors (Lipinski definition) is 3. The minimum absolute atomic E-state index is 0.0267. The predicted octanol–water partition coefficient (Wildman–Crippen LogP) is 4.83. The van der Waals surface area contributed by atoms with E-state index in [0.717, 1.165) is 52.9 Å². The van der Waals surface area contributed by atoms with Gasteiger partial charge in [0.25, 0.3) is 0 Å². The lowest BCUT2D eigenvalue weighted by Crippen LogP contribution is -2.32. The normalized spacial score (nSPS) is 17.2. The molecule has 154 valence electrons. The summed E-state index contributed by atoms with van der Waals surface area (Å²) in [6, 6.07) is 10.8. The molecule has 0 spiro atoms. The van der Waals surface area contributed by atoms with Gasteiger partial charge in [0.05, 0.1) is 5.83 Å². The highest BCUT2D eigenvalue weighted by Gasteiger charge is 2.19. The Hall–Kier alpha value is -3.19. The van der Waals surface area contributed by atoms with Gasteiger partial charge in [0, 0.05) is 41.2 Å². The Bertz CT molecular complexity index is 1270. The van der Waals surface area contributed by atoms with Crippen molar-refractivity contribution in [2.24, 2.45) is 0 Å². The predicted molar refractivity (Wildman–Crippen MR) is 119 cm³/mol. The van der Waals surface area contributed by atoms with Crippen LogP contribution in [0.25, 0.3) is 33.3 Å². The number of H-pyrrole nitrogens is 2. The van der Waals surface area contributed by atoms with Crippen molar-refractivity contribution in [2.75, 3.05) is 12.8 Å². The Morgan fingerprint density at radius 2 is 2.07 bits per heavy atom. The zero-order valence-corrected chi connectivity index (χ0v) is 17.2. The third-order valence-corrected chi connectivity index (χ3v) is 5.95. The summed E-state index contributed by atoms with van der Waals surface area (Å²) in [6.45, 7) is 2.74. The number of nitrogens with one attached hydrogen (secondary N) is 2. The minimum Gasteiger partial charge on any atom is -0.384 e. The third-order valence-electron chi connectivity index (χ3n) is 5.95. The number of nitrogen functional groups attached to an aromatic ring is 1. The first-order valence-corrected chi connectivity index (χ1v) is 10.3. The van der Waals surface area contributed by atoms with Crippen LogP contribution in [0, 0.1) is 6.92 Å². The first-order valence-electron chi connectivity index (χ1n) is 10.3. The lowest BCUT2D eigenvalue weighted by molar-refractivity contribution is 0.212. The van der Waals surface area contributed by atoms with Gasteiger partial charge in [-0.05, 0) is 56.6 Å². The van der Waals surface area contributed by atoms with Gasteiger partial charge in [0.15, 0.2) is 5.65 Å². The number of anilines is 1. The monoisotopic (exact) mass is 404 g/mol.